The van der Waals surface area contributed by atoms with Crippen LogP contribution in [0.3, 0.4) is 0 Å². The summed E-state index contributed by atoms with van der Waals surface area (Å²) in [5.74, 6) is 0.0871. The van der Waals surface area contributed by atoms with Crippen molar-refractivity contribution in [2.45, 2.75) is 33.2 Å². The first-order chi connectivity index (χ1) is 9.06. The third-order valence-corrected chi connectivity index (χ3v) is 3.14. The van der Waals surface area contributed by atoms with Gasteiger partial charge in [-0.25, -0.2) is 0 Å². The molecule has 0 spiro atoms. The molecule has 1 aromatic heterocycles. The van der Waals surface area contributed by atoms with Crippen molar-refractivity contribution in [3.05, 3.63) is 5.56 Å². The molecule has 7 heteroatoms. The predicted octanol–water partition coefficient (Wildman–Crippen LogP) is 1.70. The van der Waals surface area contributed by atoms with Crippen molar-refractivity contribution < 1.29 is 9.53 Å². The molecule has 0 radical (unpaired) electrons. The third-order valence-electron chi connectivity index (χ3n) is 2.32. The molecule has 0 bridgehead atoms. The number of nitrogens with two attached hydrogens (primary N) is 1. The van der Waals surface area contributed by atoms with Crippen molar-refractivity contribution in [1.82, 2.24) is 9.69 Å². The second-order valence-electron chi connectivity index (χ2n) is 4.38. The largest absolute Gasteiger partial charge is 0.382 e. The number of carbonyl (C=O) groups excluding carboxylic acids is 1. The maximum Gasteiger partial charge on any atom is 0.258 e. The van der Waals surface area contributed by atoms with E-state index in [0.29, 0.717) is 17.2 Å². The minimum Gasteiger partial charge on any atom is -0.382 e. The Morgan fingerprint density at radius 1 is 1.53 bits per heavy atom. The first-order valence-corrected chi connectivity index (χ1v) is 7.21. The van der Waals surface area contributed by atoms with Gasteiger partial charge in [-0.1, -0.05) is 0 Å². The van der Waals surface area contributed by atoms with E-state index in [1.54, 1.807) is 0 Å². The number of nitrogen functional groups attached to an aromatic ring is 1. The lowest BCUT2D eigenvalue weighted by Gasteiger charge is -2.10. The molecule has 0 saturated carbocycles. The second kappa shape index (κ2) is 7.96. The summed E-state index contributed by atoms with van der Waals surface area (Å²) in [6.07, 6.45) is 0.872. The van der Waals surface area contributed by atoms with E-state index in [-0.39, 0.29) is 17.8 Å². The molecule has 1 amide bonds. The van der Waals surface area contributed by atoms with Gasteiger partial charge in [0.2, 0.25) is 0 Å². The smallest absolute Gasteiger partial charge is 0.258 e. The van der Waals surface area contributed by atoms with E-state index in [1.807, 2.05) is 20.8 Å². The van der Waals surface area contributed by atoms with Crippen LogP contribution < -0.4 is 16.4 Å². The molecule has 19 heavy (non-hydrogen) atoms. The first-order valence-electron chi connectivity index (χ1n) is 6.43. The number of aromatic nitrogens is 1. The van der Waals surface area contributed by atoms with E-state index in [0.717, 1.165) is 19.6 Å². The van der Waals surface area contributed by atoms with Crippen molar-refractivity contribution in [2.24, 2.45) is 0 Å². The summed E-state index contributed by atoms with van der Waals surface area (Å²) in [6.45, 7) is 7.92. The molecule has 1 aromatic rings. The standard InChI is InChI=1S/C12H22N4O2S/c1-4-18-7-5-6-14-12-9(10(13)16-19-12)11(17)15-8(2)3/h8,14H,4-7H2,1-3H3,(H2,13,16)(H,15,17). The summed E-state index contributed by atoms with van der Waals surface area (Å²) >= 11 is 1.21. The minimum atomic E-state index is -0.187. The van der Waals surface area contributed by atoms with Gasteiger partial charge >= 0.3 is 0 Å². The van der Waals surface area contributed by atoms with Gasteiger partial charge in [0, 0.05) is 25.8 Å². The minimum absolute atomic E-state index is 0.0672. The summed E-state index contributed by atoms with van der Waals surface area (Å²) in [7, 11) is 0. The monoisotopic (exact) mass is 286 g/mol. The maximum atomic E-state index is 12.0. The van der Waals surface area contributed by atoms with Crippen LogP contribution in [0.4, 0.5) is 10.8 Å². The van der Waals surface area contributed by atoms with Gasteiger partial charge < -0.3 is 21.1 Å². The highest BCUT2D eigenvalue weighted by Crippen LogP contribution is 2.26. The number of anilines is 2. The van der Waals surface area contributed by atoms with Gasteiger partial charge in [0.1, 0.15) is 10.6 Å². The van der Waals surface area contributed by atoms with E-state index < -0.39 is 0 Å². The molecule has 0 aliphatic heterocycles. The maximum absolute atomic E-state index is 12.0. The zero-order valence-electron chi connectivity index (χ0n) is 11.7. The van der Waals surface area contributed by atoms with Crippen LogP contribution in [0.2, 0.25) is 0 Å². The number of rotatable bonds is 8. The average Bonchev–Trinajstić information content (AvgIpc) is 2.69. The number of hydrogen-bond acceptors (Lipinski definition) is 6. The molecular weight excluding hydrogens is 264 g/mol. The summed E-state index contributed by atoms with van der Waals surface area (Å²) in [4.78, 5) is 12.0. The van der Waals surface area contributed by atoms with Gasteiger partial charge in [-0.3, -0.25) is 4.79 Å². The van der Waals surface area contributed by atoms with Gasteiger partial charge in [0.05, 0.1) is 0 Å². The summed E-state index contributed by atoms with van der Waals surface area (Å²) < 4.78 is 9.28. The zero-order chi connectivity index (χ0) is 14.3. The third kappa shape index (κ3) is 5.04. The molecule has 0 aliphatic carbocycles. The van der Waals surface area contributed by atoms with Crippen LogP contribution >= 0.6 is 11.5 Å². The molecule has 108 valence electrons. The van der Waals surface area contributed by atoms with Crippen LogP contribution in [-0.2, 0) is 4.74 Å². The Bertz CT molecular complexity index is 406. The molecule has 0 atom stereocenters. The molecule has 4 N–H and O–H groups in total. The van der Waals surface area contributed by atoms with Gasteiger partial charge in [0.25, 0.3) is 5.91 Å². The first kappa shape index (κ1) is 15.7. The summed E-state index contributed by atoms with van der Waals surface area (Å²) in [5, 5.41) is 6.72. The van der Waals surface area contributed by atoms with Crippen LogP contribution in [0.15, 0.2) is 0 Å². The van der Waals surface area contributed by atoms with Crippen LogP contribution in [0.1, 0.15) is 37.6 Å². The Labute approximate surface area is 117 Å². The molecule has 6 nitrogen and oxygen atoms in total. The fraction of sp³-hybridized carbons (Fsp3) is 0.667. The van der Waals surface area contributed by atoms with Crippen LogP contribution in [-0.4, -0.2) is 36.1 Å². The van der Waals surface area contributed by atoms with Crippen LogP contribution in [0.5, 0.6) is 0 Å². The number of carbonyl (C=O) groups is 1. The Kier molecular flexibility index (Phi) is 6.58. The Balaban J connectivity index is 2.56. The topological polar surface area (TPSA) is 89.3 Å². The molecule has 0 fully saturated rings. The van der Waals surface area contributed by atoms with Crippen LogP contribution in [0.25, 0.3) is 0 Å². The summed E-state index contributed by atoms with van der Waals surface area (Å²) in [6, 6.07) is 0.0672. The van der Waals surface area contributed by atoms with E-state index in [1.165, 1.54) is 11.5 Å². The van der Waals surface area contributed by atoms with E-state index in [4.69, 9.17) is 10.5 Å². The van der Waals surface area contributed by atoms with Crippen LogP contribution in [0, 0.1) is 0 Å². The molecule has 0 aromatic carbocycles. The highest BCUT2D eigenvalue weighted by atomic mass is 32.1. The fourth-order valence-corrected chi connectivity index (χ4v) is 2.23. The van der Waals surface area contributed by atoms with Crippen molar-refractivity contribution in [3.63, 3.8) is 0 Å². The highest BCUT2D eigenvalue weighted by Gasteiger charge is 2.19. The lowest BCUT2D eigenvalue weighted by molar-refractivity contribution is 0.0945. The molecule has 0 unspecified atom stereocenters. The molecule has 0 saturated heterocycles. The molecule has 0 aliphatic rings. The SMILES string of the molecule is CCOCCCNc1snc(N)c1C(=O)NC(C)C. The normalized spacial score (nSPS) is 10.7. The number of ether oxygens (including phenoxy) is 1. The average molecular weight is 286 g/mol. The molecule has 1 heterocycles. The Morgan fingerprint density at radius 3 is 2.89 bits per heavy atom. The Hall–Kier alpha value is -1.34. The van der Waals surface area contributed by atoms with Crippen molar-refractivity contribution in [3.8, 4) is 0 Å². The fourth-order valence-electron chi connectivity index (χ4n) is 1.50. The Morgan fingerprint density at radius 2 is 2.26 bits per heavy atom. The van der Waals surface area contributed by atoms with E-state index in [2.05, 4.69) is 15.0 Å². The quantitative estimate of drug-likeness (QED) is 0.633. The second-order valence-corrected chi connectivity index (χ2v) is 5.15. The molecule has 1 rings (SSSR count). The van der Waals surface area contributed by atoms with Gasteiger partial charge in [0.15, 0.2) is 5.82 Å². The van der Waals surface area contributed by atoms with Crippen molar-refractivity contribution in [2.75, 3.05) is 30.8 Å². The van der Waals surface area contributed by atoms with Gasteiger partial charge in [-0.05, 0) is 38.7 Å². The van der Waals surface area contributed by atoms with Gasteiger partial charge in [-0.2, -0.15) is 4.37 Å². The number of nitrogens with zero attached hydrogens (tertiary/aromatic N) is 1. The van der Waals surface area contributed by atoms with Crippen molar-refractivity contribution >= 4 is 28.3 Å². The van der Waals surface area contributed by atoms with E-state index >= 15 is 0 Å². The lowest BCUT2D eigenvalue weighted by Crippen LogP contribution is -2.30. The summed E-state index contributed by atoms with van der Waals surface area (Å²) in [5.41, 5.74) is 6.18. The van der Waals surface area contributed by atoms with Gasteiger partial charge in [-0.15, -0.1) is 0 Å². The number of amides is 1. The number of hydrogen-bond donors (Lipinski definition) is 3. The number of nitrogens with one attached hydrogen (secondary N) is 2. The lowest BCUT2D eigenvalue weighted by atomic mass is 10.2. The van der Waals surface area contributed by atoms with Crippen molar-refractivity contribution in [1.29, 1.82) is 0 Å². The predicted molar refractivity (Wildman–Crippen MR) is 78.7 cm³/mol. The zero-order valence-corrected chi connectivity index (χ0v) is 12.5. The highest BCUT2D eigenvalue weighted by molar-refractivity contribution is 7.11. The molecular formula is C12H22N4O2S. The van der Waals surface area contributed by atoms with E-state index in [9.17, 15) is 4.79 Å².